The van der Waals surface area contributed by atoms with Gasteiger partial charge in [0.25, 0.3) is 0 Å². The van der Waals surface area contributed by atoms with Crippen LogP contribution in [0.25, 0.3) is 22.3 Å². The Kier molecular flexibility index (Phi) is 4.12. The van der Waals surface area contributed by atoms with Crippen molar-refractivity contribution in [1.29, 1.82) is 0 Å². The Morgan fingerprint density at radius 2 is 2.00 bits per heavy atom. The summed E-state index contributed by atoms with van der Waals surface area (Å²) < 4.78 is 2.18. The van der Waals surface area contributed by atoms with Crippen molar-refractivity contribution in [2.24, 2.45) is 0 Å². The van der Waals surface area contributed by atoms with Crippen LogP contribution in [0, 0.1) is 0 Å². The Balaban J connectivity index is 1.44. The number of aromatic nitrogens is 3. The molecule has 2 aliphatic heterocycles. The van der Waals surface area contributed by atoms with Crippen LogP contribution in [0.3, 0.4) is 0 Å². The second-order valence-corrected chi connectivity index (χ2v) is 9.43. The number of carbonyl (C=O) groups excluding carboxylic acids is 1. The second-order valence-electron chi connectivity index (χ2n) is 9.43. The monoisotopic (exact) mass is 416 g/mol. The van der Waals surface area contributed by atoms with E-state index in [1.807, 2.05) is 6.33 Å². The average Bonchev–Trinajstić information content (AvgIpc) is 3.41. The highest BCUT2D eigenvalue weighted by Crippen LogP contribution is 2.45. The molecule has 3 aliphatic rings. The zero-order valence-corrected chi connectivity index (χ0v) is 18.0. The third kappa shape index (κ3) is 2.94. The summed E-state index contributed by atoms with van der Waals surface area (Å²) >= 11 is 0. The molecule has 160 valence electrons. The number of amides is 1. The van der Waals surface area contributed by atoms with Gasteiger partial charge in [-0.15, -0.1) is 0 Å². The van der Waals surface area contributed by atoms with Gasteiger partial charge in [0, 0.05) is 23.3 Å². The van der Waals surface area contributed by atoms with Gasteiger partial charge in [-0.05, 0) is 70.3 Å². The third-order valence-corrected chi connectivity index (χ3v) is 7.00. The van der Waals surface area contributed by atoms with E-state index < -0.39 is 0 Å². The highest BCUT2D eigenvalue weighted by atomic mass is 16.2. The van der Waals surface area contributed by atoms with E-state index in [1.165, 1.54) is 12.8 Å². The molecule has 2 aromatic heterocycles. The first-order valence-corrected chi connectivity index (χ1v) is 11.4. The minimum Gasteiger partial charge on any atom is -0.366 e. The Bertz CT molecular complexity index is 1190. The largest absolute Gasteiger partial charge is 0.366 e. The molecule has 1 spiro atoms. The molecule has 3 N–H and O–H groups in total. The van der Waals surface area contributed by atoms with Crippen molar-refractivity contribution in [3.63, 3.8) is 0 Å². The van der Waals surface area contributed by atoms with Crippen molar-refractivity contribution in [3.8, 4) is 11.3 Å². The number of nitrogens with zero attached hydrogens (tertiary/aromatic N) is 3. The highest BCUT2D eigenvalue weighted by molar-refractivity contribution is 6.07. The standard InChI is InChI=1S/C24H28N6O/c1-14(2)30-13-26-20-12-18(28-22(21(20)30)27-16-4-5-16)15-3-6-17-19(11-15)29-23(31)24(17)7-9-25-10-8-24/h3,6,11-14,16,25H,4-5,7-10H2,1-2H3,(H,27,28)(H,29,31). The summed E-state index contributed by atoms with van der Waals surface area (Å²) in [5, 5.41) is 10.1. The molecule has 7 heteroatoms. The fourth-order valence-electron chi connectivity index (χ4n) is 5.06. The molecule has 0 bridgehead atoms. The summed E-state index contributed by atoms with van der Waals surface area (Å²) in [4.78, 5) is 22.6. The predicted molar refractivity (Wildman–Crippen MR) is 122 cm³/mol. The van der Waals surface area contributed by atoms with Crippen LogP contribution in [0.1, 0.15) is 51.1 Å². The van der Waals surface area contributed by atoms with E-state index in [0.717, 1.165) is 65.3 Å². The molecule has 0 atom stereocenters. The Labute approximate surface area is 181 Å². The number of rotatable bonds is 4. The van der Waals surface area contributed by atoms with E-state index in [9.17, 15) is 4.79 Å². The molecule has 1 aromatic carbocycles. The number of pyridine rings is 1. The van der Waals surface area contributed by atoms with Gasteiger partial charge in [-0.1, -0.05) is 12.1 Å². The highest BCUT2D eigenvalue weighted by Gasteiger charge is 2.47. The molecule has 0 unspecified atom stereocenters. The lowest BCUT2D eigenvalue weighted by Crippen LogP contribution is -2.44. The predicted octanol–water partition coefficient (Wildman–Crippen LogP) is 3.83. The van der Waals surface area contributed by atoms with Gasteiger partial charge >= 0.3 is 0 Å². The Hall–Kier alpha value is -2.93. The molecule has 1 saturated heterocycles. The van der Waals surface area contributed by atoms with E-state index in [2.05, 4.69) is 63.6 Å². The van der Waals surface area contributed by atoms with Crippen LogP contribution in [0.2, 0.25) is 0 Å². The Morgan fingerprint density at radius 1 is 1.19 bits per heavy atom. The van der Waals surface area contributed by atoms with Gasteiger partial charge < -0.3 is 20.5 Å². The first-order chi connectivity index (χ1) is 15.0. The third-order valence-electron chi connectivity index (χ3n) is 7.00. The van der Waals surface area contributed by atoms with Crippen molar-refractivity contribution in [2.75, 3.05) is 23.7 Å². The van der Waals surface area contributed by atoms with Crippen LogP contribution < -0.4 is 16.0 Å². The van der Waals surface area contributed by atoms with Crippen molar-refractivity contribution in [2.45, 2.75) is 57.0 Å². The van der Waals surface area contributed by atoms with Gasteiger partial charge in [0.05, 0.1) is 23.0 Å². The number of carbonyl (C=O) groups is 1. The first-order valence-electron chi connectivity index (χ1n) is 11.4. The quantitative estimate of drug-likeness (QED) is 0.602. The van der Waals surface area contributed by atoms with Crippen LogP contribution >= 0.6 is 0 Å². The minimum absolute atomic E-state index is 0.135. The molecule has 31 heavy (non-hydrogen) atoms. The molecule has 1 saturated carbocycles. The molecule has 2 fully saturated rings. The molecule has 4 heterocycles. The fraction of sp³-hybridized carbons (Fsp3) is 0.458. The maximum absolute atomic E-state index is 12.9. The number of benzene rings is 1. The lowest BCUT2D eigenvalue weighted by molar-refractivity contribution is -0.121. The molecule has 1 aliphatic carbocycles. The molecule has 0 radical (unpaired) electrons. The lowest BCUT2D eigenvalue weighted by Gasteiger charge is -2.32. The number of hydrogen-bond donors (Lipinski definition) is 3. The lowest BCUT2D eigenvalue weighted by atomic mass is 9.74. The minimum atomic E-state index is -0.384. The van der Waals surface area contributed by atoms with Gasteiger partial charge in [0.15, 0.2) is 5.82 Å². The van der Waals surface area contributed by atoms with E-state index in [1.54, 1.807) is 0 Å². The summed E-state index contributed by atoms with van der Waals surface area (Å²) in [6, 6.07) is 9.19. The maximum atomic E-state index is 12.9. The number of fused-ring (bicyclic) bond motifs is 3. The number of imidazole rings is 1. The summed E-state index contributed by atoms with van der Waals surface area (Å²) in [5.41, 5.74) is 5.57. The zero-order chi connectivity index (χ0) is 21.2. The number of anilines is 2. The van der Waals surface area contributed by atoms with Gasteiger partial charge in [-0.3, -0.25) is 4.79 Å². The number of piperidine rings is 1. The summed E-state index contributed by atoms with van der Waals surface area (Å²) in [5.74, 6) is 1.04. The van der Waals surface area contributed by atoms with Crippen molar-refractivity contribution < 1.29 is 4.79 Å². The smallest absolute Gasteiger partial charge is 0.235 e. The van der Waals surface area contributed by atoms with Crippen LogP contribution in [-0.4, -0.2) is 39.6 Å². The maximum Gasteiger partial charge on any atom is 0.235 e. The fourth-order valence-corrected chi connectivity index (χ4v) is 5.06. The summed E-state index contributed by atoms with van der Waals surface area (Å²) in [6.07, 6.45) is 5.97. The van der Waals surface area contributed by atoms with Gasteiger partial charge in [-0.2, -0.15) is 0 Å². The topological polar surface area (TPSA) is 83.9 Å². The normalized spacial score (nSPS) is 19.8. The van der Waals surface area contributed by atoms with Crippen molar-refractivity contribution in [1.82, 2.24) is 19.9 Å². The molecular formula is C24H28N6O. The zero-order valence-electron chi connectivity index (χ0n) is 18.0. The van der Waals surface area contributed by atoms with Crippen molar-refractivity contribution in [3.05, 3.63) is 36.2 Å². The molecule has 6 rings (SSSR count). The number of hydrogen-bond acceptors (Lipinski definition) is 5. The molecule has 3 aromatic rings. The summed E-state index contributed by atoms with van der Waals surface area (Å²) in [6.45, 7) is 6.08. The van der Waals surface area contributed by atoms with Gasteiger partial charge in [0.1, 0.15) is 5.52 Å². The number of nitrogens with one attached hydrogen (secondary N) is 3. The van der Waals surface area contributed by atoms with Crippen LogP contribution in [0.5, 0.6) is 0 Å². The van der Waals surface area contributed by atoms with Crippen LogP contribution in [-0.2, 0) is 10.2 Å². The SMILES string of the molecule is CC(C)n1cnc2cc(-c3ccc4c(c3)NC(=O)C43CCNCC3)nc(NC3CC3)c21. The van der Waals surface area contributed by atoms with E-state index >= 15 is 0 Å². The Morgan fingerprint density at radius 3 is 2.74 bits per heavy atom. The van der Waals surface area contributed by atoms with Crippen LogP contribution in [0.15, 0.2) is 30.6 Å². The van der Waals surface area contributed by atoms with E-state index in [4.69, 9.17) is 4.98 Å². The van der Waals surface area contributed by atoms with Crippen molar-refractivity contribution >= 4 is 28.4 Å². The first kappa shape index (κ1) is 18.8. The molecular weight excluding hydrogens is 388 g/mol. The van der Waals surface area contributed by atoms with Crippen LogP contribution in [0.4, 0.5) is 11.5 Å². The second kappa shape index (κ2) is 6.79. The van der Waals surface area contributed by atoms with E-state index in [0.29, 0.717) is 12.1 Å². The summed E-state index contributed by atoms with van der Waals surface area (Å²) in [7, 11) is 0. The van der Waals surface area contributed by atoms with Gasteiger partial charge in [0.2, 0.25) is 5.91 Å². The van der Waals surface area contributed by atoms with Gasteiger partial charge in [-0.25, -0.2) is 9.97 Å². The average molecular weight is 417 g/mol. The molecule has 1 amide bonds. The van der Waals surface area contributed by atoms with E-state index in [-0.39, 0.29) is 11.3 Å². The molecule has 7 nitrogen and oxygen atoms in total.